The molecule has 1 aliphatic rings. The first-order valence-corrected chi connectivity index (χ1v) is 6.59. The first-order valence-electron chi connectivity index (χ1n) is 6.59. The summed E-state index contributed by atoms with van der Waals surface area (Å²) in [6, 6.07) is 3.63. The molecule has 2 rings (SSSR count). The Hall–Kier alpha value is -1.40. The van der Waals surface area contributed by atoms with Gasteiger partial charge in [-0.05, 0) is 46.2 Å². The van der Waals surface area contributed by atoms with E-state index in [0.29, 0.717) is 11.3 Å². The van der Waals surface area contributed by atoms with Gasteiger partial charge in [-0.15, -0.1) is 0 Å². The minimum atomic E-state index is -0.580. The molecule has 0 spiro atoms. The molecule has 0 atom stereocenters. The number of hydrogen-bond donors (Lipinski definition) is 0. The maximum atomic E-state index is 11.7. The van der Waals surface area contributed by atoms with Crippen molar-refractivity contribution in [3.05, 3.63) is 23.4 Å². The number of hydrogen-bond acceptors (Lipinski definition) is 5. The molecule has 20 heavy (non-hydrogen) atoms. The van der Waals surface area contributed by atoms with Gasteiger partial charge in [0.25, 0.3) is 0 Å². The van der Waals surface area contributed by atoms with Gasteiger partial charge in [0.2, 0.25) is 0 Å². The number of pyridine rings is 1. The zero-order valence-corrected chi connectivity index (χ0v) is 12.8. The monoisotopic (exact) mass is 277 g/mol. The van der Waals surface area contributed by atoms with Crippen LogP contribution in [0.3, 0.4) is 0 Å². The Balaban J connectivity index is 2.34. The van der Waals surface area contributed by atoms with Crippen LogP contribution in [0.2, 0.25) is 0 Å². The fraction of sp³-hybridized carbons (Fsp3) is 0.571. The number of methoxy groups -OCH3 is 1. The second kappa shape index (κ2) is 4.86. The zero-order chi connectivity index (χ0) is 15.1. The van der Waals surface area contributed by atoms with Crippen LogP contribution < -0.4 is 5.59 Å². The standard InChI is InChI=1S/C14H20BNO4/c1-9-7-8-10(16-11(9)12(17)18-6)15-19-13(2,3)14(4,5)20-15/h7-8H,1-6H3. The van der Waals surface area contributed by atoms with Gasteiger partial charge in [-0.25, -0.2) is 9.78 Å². The van der Waals surface area contributed by atoms with Crippen molar-refractivity contribution in [1.29, 1.82) is 0 Å². The predicted octanol–water partition coefficient (Wildman–Crippen LogP) is 1.48. The number of aromatic nitrogens is 1. The van der Waals surface area contributed by atoms with Crippen molar-refractivity contribution in [3.63, 3.8) is 0 Å². The molecule has 2 heterocycles. The number of rotatable bonds is 2. The van der Waals surface area contributed by atoms with Gasteiger partial charge in [-0.2, -0.15) is 0 Å². The van der Waals surface area contributed by atoms with Crippen LogP contribution in [-0.4, -0.2) is 36.4 Å². The van der Waals surface area contributed by atoms with Crippen molar-refractivity contribution in [2.45, 2.75) is 45.8 Å². The molecule has 0 bridgehead atoms. The fourth-order valence-corrected chi connectivity index (χ4v) is 1.94. The number of carbonyl (C=O) groups is 1. The van der Waals surface area contributed by atoms with Crippen LogP contribution in [0.5, 0.6) is 0 Å². The van der Waals surface area contributed by atoms with Crippen LogP contribution in [0.15, 0.2) is 12.1 Å². The van der Waals surface area contributed by atoms with E-state index in [1.807, 2.05) is 46.8 Å². The first-order chi connectivity index (χ1) is 9.18. The van der Waals surface area contributed by atoms with E-state index in [1.54, 1.807) is 0 Å². The number of carbonyl (C=O) groups excluding carboxylic acids is 1. The molecular weight excluding hydrogens is 257 g/mol. The van der Waals surface area contributed by atoms with Crippen molar-refractivity contribution in [2.24, 2.45) is 0 Å². The fourth-order valence-electron chi connectivity index (χ4n) is 1.94. The highest BCUT2D eigenvalue weighted by Gasteiger charge is 2.52. The van der Waals surface area contributed by atoms with Gasteiger partial charge in [0.05, 0.1) is 23.9 Å². The molecule has 1 aromatic rings. The third-order valence-corrected chi connectivity index (χ3v) is 3.99. The van der Waals surface area contributed by atoms with Crippen molar-refractivity contribution in [1.82, 2.24) is 4.98 Å². The summed E-state index contributed by atoms with van der Waals surface area (Å²) in [7, 11) is 0.759. The summed E-state index contributed by atoms with van der Waals surface area (Å²) in [4.78, 5) is 16.0. The van der Waals surface area contributed by atoms with E-state index in [-0.39, 0.29) is 0 Å². The lowest BCUT2D eigenvalue weighted by atomic mass is 9.83. The van der Waals surface area contributed by atoms with Crippen LogP contribution in [-0.2, 0) is 14.0 Å². The molecular formula is C14H20BNO4. The quantitative estimate of drug-likeness (QED) is 0.605. The Kier molecular flexibility index (Phi) is 3.65. The zero-order valence-electron chi connectivity index (χ0n) is 12.8. The predicted molar refractivity (Wildman–Crippen MR) is 76.0 cm³/mol. The van der Waals surface area contributed by atoms with E-state index in [0.717, 1.165) is 5.56 Å². The third kappa shape index (κ3) is 2.45. The molecule has 6 heteroatoms. The van der Waals surface area contributed by atoms with Gasteiger partial charge in [0.1, 0.15) is 0 Å². The second-order valence-corrected chi connectivity index (χ2v) is 5.98. The summed E-state index contributed by atoms with van der Waals surface area (Å²) in [6.07, 6.45) is 0. The van der Waals surface area contributed by atoms with Crippen LogP contribution in [0.1, 0.15) is 43.7 Å². The van der Waals surface area contributed by atoms with Crippen molar-refractivity contribution < 1.29 is 18.8 Å². The maximum absolute atomic E-state index is 11.7. The Bertz CT molecular complexity index is 526. The molecule has 1 aromatic heterocycles. The lowest BCUT2D eigenvalue weighted by Gasteiger charge is -2.32. The van der Waals surface area contributed by atoms with E-state index in [9.17, 15) is 4.79 Å². The minimum Gasteiger partial charge on any atom is -0.464 e. The van der Waals surface area contributed by atoms with Crippen LogP contribution in [0, 0.1) is 6.92 Å². The van der Waals surface area contributed by atoms with Crippen LogP contribution in [0.4, 0.5) is 0 Å². The summed E-state index contributed by atoms with van der Waals surface area (Å²) >= 11 is 0. The summed E-state index contributed by atoms with van der Waals surface area (Å²) in [5.41, 5.74) is 0.761. The molecule has 1 saturated heterocycles. The Labute approximate surface area is 119 Å². The van der Waals surface area contributed by atoms with Gasteiger partial charge in [-0.1, -0.05) is 6.07 Å². The van der Waals surface area contributed by atoms with Crippen molar-refractivity contribution in [3.8, 4) is 0 Å². The molecule has 1 fully saturated rings. The highest BCUT2D eigenvalue weighted by Crippen LogP contribution is 2.36. The molecule has 0 N–H and O–H groups in total. The minimum absolute atomic E-state index is 0.291. The molecule has 0 aliphatic carbocycles. The summed E-state index contributed by atoms with van der Waals surface area (Å²) in [5.74, 6) is -0.458. The molecule has 5 nitrogen and oxygen atoms in total. The van der Waals surface area contributed by atoms with E-state index in [2.05, 4.69) is 4.98 Å². The first kappa shape index (κ1) is 15.0. The number of nitrogens with zero attached hydrogens (tertiary/aromatic N) is 1. The van der Waals surface area contributed by atoms with Crippen molar-refractivity contribution >= 4 is 18.7 Å². The molecule has 0 saturated carbocycles. The van der Waals surface area contributed by atoms with Gasteiger partial charge in [0, 0.05) is 0 Å². The number of aryl methyl sites for hydroxylation is 1. The SMILES string of the molecule is COC(=O)c1nc(B2OC(C)(C)C(C)(C)O2)ccc1C. The Morgan fingerprint density at radius 2 is 1.75 bits per heavy atom. The van der Waals surface area contributed by atoms with E-state index >= 15 is 0 Å². The smallest absolute Gasteiger partial charge is 0.464 e. The molecule has 0 radical (unpaired) electrons. The maximum Gasteiger partial charge on any atom is 0.514 e. The molecule has 0 aromatic carbocycles. The van der Waals surface area contributed by atoms with E-state index in [1.165, 1.54) is 7.11 Å². The number of esters is 1. The second-order valence-electron chi connectivity index (χ2n) is 5.98. The van der Waals surface area contributed by atoms with Gasteiger partial charge < -0.3 is 14.0 Å². The summed E-state index contributed by atoms with van der Waals surface area (Å²) < 4.78 is 16.6. The lowest BCUT2D eigenvalue weighted by Crippen LogP contribution is -2.41. The Morgan fingerprint density at radius 3 is 2.25 bits per heavy atom. The largest absolute Gasteiger partial charge is 0.514 e. The lowest BCUT2D eigenvalue weighted by molar-refractivity contribution is 0.00578. The van der Waals surface area contributed by atoms with Gasteiger partial charge >= 0.3 is 13.1 Å². The van der Waals surface area contributed by atoms with E-state index in [4.69, 9.17) is 14.0 Å². The van der Waals surface area contributed by atoms with E-state index < -0.39 is 24.3 Å². The molecule has 1 aliphatic heterocycles. The van der Waals surface area contributed by atoms with Crippen LogP contribution >= 0.6 is 0 Å². The normalized spacial score (nSPS) is 20.0. The molecule has 0 amide bonds. The van der Waals surface area contributed by atoms with Crippen molar-refractivity contribution in [2.75, 3.05) is 7.11 Å². The average molecular weight is 277 g/mol. The average Bonchev–Trinajstić information content (AvgIpc) is 2.58. The topological polar surface area (TPSA) is 57.7 Å². The molecule has 0 unspecified atom stereocenters. The highest BCUT2D eigenvalue weighted by atomic mass is 16.7. The number of ether oxygens (including phenoxy) is 1. The Morgan fingerprint density at radius 1 is 1.20 bits per heavy atom. The van der Waals surface area contributed by atoms with Crippen LogP contribution in [0.25, 0.3) is 0 Å². The summed E-state index contributed by atoms with van der Waals surface area (Å²) in [5, 5.41) is 0. The highest BCUT2D eigenvalue weighted by molar-refractivity contribution is 6.61. The summed E-state index contributed by atoms with van der Waals surface area (Å²) in [6.45, 7) is 9.71. The van der Waals surface area contributed by atoms with Gasteiger partial charge in [0.15, 0.2) is 5.69 Å². The molecule has 108 valence electrons. The third-order valence-electron chi connectivity index (χ3n) is 3.99. The van der Waals surface area contributed by atoms with Gasteiger partial charge in [-0.3, -0.25) is 0 Å².